The Bertz CT molecular complexity index is 251. The van der Waals surface area contributed by atoms with E-state index in [2.05, 4.69) is 10.4 Å². The molecule has 58 valence electrons. The van der Waals surface area contributed by atoms with Crippen LogP contribution in [0.2, 0.25) is 0 Å². The lowest BCUT2D eigenvalue weighted by Gasteiger charge is -2.00. The van der Waals surface area contributed by atoms with Crippen LogP contribution in [0.1, 0.15) is 12.8 Å². The van der Waals surface area contributed by atoms with E-state index in [1.165, 1.54) is 4.68 Å². The van der Waals surface area contributed by atoms with Crippen molar-refractivity contribution < 1.29 is 4.79 Å². The Morgan fingerprint density at radius 3 is 3.00 bits per heavy atom. The van der Waals surface area contributed by atoms with Crippen molar-refractivity contribution in [2.24, 2.45) is 0 Å². The first kappa shape index (κ1) is 6.39. The summed E-state index contributed by atoms with van der Waals surface area (Å²) in [6.07, 6.45) is 5.43. The minimum Gasteiger partial charge on any atom is -0.333 e. The number of amides is 1. The number of hydrogen-bond acceptors (Lipinski definition) is 2. The number of nitrogens with one attached hydrogen (secondary N) is 1. The normalized spacial score (nSPS) is 16.4. The molecule has 1 aromatic heterocycles. The second-order valence-electron chi connectivity index (χ2n) is 2.67. The average molecular weight is 151 g/mol. The van der Waals surface area contributed by atoms with Crippen LogP contribution in [0.3, 0.4) is 0 Å². The minimum absolute atomic E-state index is 0.127. The summed E-state index contributed by atoms with van der Waals surface area (Å²) in [4.78, 5) is 11.1. The van der Waals surface area contributed by atoms with E-state index in [0.29, 0.717) is 6.04 Å². The van der Waals surface area contributed by atoms with E-state index in [9.17, 15) is 4.79 Å². The van der Waals surface area contributed by atoms with Crippen LogP contribution >= 0.6 is 0 Å². The Morgan fingerprint density at radius 2 is 2.45 bits per heavy atom. The molecule has 1 saturated carbocycles. The first-order chi connectivity index (χ1) is 5.36. The van der Waals surface area contributed by atoms with Gasteiger partial charge in [-0.2, -0.15) is 9.78 Å². The maximum atomic E-state index is 11.1. The van der Waals surface area contributed by atoms with Gasteiger partial charge in [-0.1, -0.05) is 0 Å². The first-order valence-electron chi connectivity index (χ1n) is 3.67. The molecule has 0 radical (unpaired) electrons. The molecule has 2 rings (SSSR count). The number of rotatable bonds is 1. The molecule has 0 aliphatic heterocycles. The highest BCUT2D eigenvalue weighted by atomic mass is 16.2. The van der Waals surface area contributed by atoms with Crippen molar-refractivity contribution in [1.82, 2.24) is 15.1 Å². The Morgan fingerprint density at radius 1 is 1.64 bits per heavy atom. The van der Waals surface area contributed by atoms with Gasteiger partial charge in [0.25, 0.3) is 0 Å². The van der Waals surface area contributed by atoms with Gasteiger partial charge in [-0.05, 0) is 18.9 Å². The summed E-state index contributed by atoms with van der Waals surface area (Å²) >= 11 is 0. The van der Waals surface area contributed by atoms with Gasteiger partial charge >= 0.3 is 6.03 Å². The summed E-state index contributed by atoms with van der Waals surface area (Å²) in [5.74, 6) is 0. The predicted octanol–water partition coefficient (Wildman–Crippen LogP) is 0.603. The Labute approximate surface area is 64.2 Å². The van der Waals surface area contributed by atoms with Crippen LogP contribution in [0.15, 0.2) is 18.5 Å². The third kappa shape index (κ3) is 1.39. The highest BCUT2D eigenvalue weighted by Crippen LogP contribution is 2.18. The molecule has 4 heteroatoms. The molecule has 4 nitrogen and oxygen atoms in total. The summed E-state index contributed by atoms with van der Waals surface area (Å²) in [6.45, 7) is 0. The van der Waals surface area contributed by atoms with Crippen molar-refractivity contribution in [3.63, 3.8) is 0 Å². The SMILES string of the molecule is O=C(NC1CC1)n1cccn1. The molecule has 0 aromatic carbocycles. The van der Waals surface area contributed by atoms with Gasteiger partial charge in [-0.25, -0.2) is 4.79 Å². The Kier molecular flexibility index (Phi) is 1.38. The second kappa shape index (κ2) is 2.38. The van der Waals surface area contributed by atoms with Crippen molar-refractivity contribution in [2.75, 3.05) is 0 Å². The summed E-state index contributed by atoms with van der Waals surface area (Å²) in [7, 11) is 0. The fourth-order valence-corrected chi connectivity index (χ4v) is 0.857. The zero-order valence-corrected chi connectivity index (χ0v) is 6.03. The number of carbonyl (C=O) groups is 1. The number of nitrogens with zero attached hydrogens (tertiary/aromatic N) is 2. The maximum Gasteiger partial charge on any atom is 0.342 e. The quantitative estimate of drug-likeness (QED) is 0.639. The van der Waals surface area contributed by atoms with E-state index in [1.807, 2.05) is 0 Å². The van der Waals surface area contributed by atoms with E-state index < -0.39 is 0 Å². The van der Waals surface area contributed by atoms with Gasteiger partial charge < -0.3 is 5.32 Å². The largest absolute Gasteiger partial charge is 0.342 e. The third-order valence-corrected chi connectivity index (χ3v) is 1.62. The van der Waals surface area contributed by atoms with E-state index in [-0.39, 0.29) is 6.03 Å². The van der Waals surface area contributed by atoms with Gasteiger partial charge in [0.05, 0.1) is 0 Å². The zero-order valence-electron chi connectivity index (χ0n) is 6.03. The van der Waals surface area contributed by atoms with Gasteiger partial charge in [0.15, 0.2) is 0 Å². The number of hydrogen-bond donors (Lipinski definition) is 1. The van der Waals surface area contributed by atoms with Crippen LogP contribution in [-0.4, -0.2) is 21.9 Å². The Hall–Kier alpha value is -1.32. The van der Waals surface area contributed by atoms with E-state index in [1.54, 1.807) is 18.5 Å². The summed E-state index contributed by atoms with van der Waals surface area (Å²) in [5, 5.41) is 6.62. The van der Waals surface area contributed by atoms with Gasteiger partial charge in [-0.3, -0.25) is 0 Å². The topological polar surface area (TPSA) is 46.9 Å². The molecule has 0 bridgehead atoms. The van der Waals surface area contributed by atoms with Crippen molar-refractivity contribution in [2.45, 2.75) is 18.9 Å². The summed E-state index contributed by atoms with van der Waals surface area (Å²) in [5.41, 5.74) is 0. The highest BCUT2D eigenvalue weighted by Gasteiger charge is 2.23. The predicted molar refractivity (Wildman–Crippen MR) is 39.2 cm³/mol. The van der Waals surface area contributed by atoms with Crippen LogP contribution in [0.4, 0.5) is 4.79 Å². The van der Waals surface area contributed by atoms with Gasteiger partial charge in [0, 0.05) is 18.4 Å². The molecule has 0 saturated heterocycles. The number of carbonyl (C=O) groups excluding carboxylic acids is 1. The van der Waals surface area contributed by atoms with E-state index >= 15 is 0 Å². The van der Waals surface area contributed by atoms with Gasteiger partial charge in [0.2, 0.25) is 0 Å². The fourth-order valence-electron chi connectivity index (χ4n) is 0.857. The van der Waals surface area contributed by atoms with Crippen LogP contribution in [0.25, 0.3) is 0 Å². The molecule has 0 spiro atoms. The molecule has 1 N–H and O–H groups in total. The first-order valence-corrected chi connectivity index (χ1v) is 3.67. The molecule has 1 aliphatic carbocycles. The van der Waals surface area contributed by atoms with E-state index in [4.69, 9.17) is 0 Å². The summed E-state index contributed by atoms with van der Waals surface area (Å²) < 4.78 is 1.30. The van der Waals surface area contributed by atoms with Crippen molar-refractivity contribution in [3.8, 4) is 0 Å². The molecule has 1 heterocycles. The lowest BCUT2D eigenvalue weighted by Crippen LogP contribution is -2.30. The highest BCUT2D eigenvalue weighted by molar-refractivity contribution is 5.76. The minimum atomic E-state index is -0.127. The Balaban J connectivity index is 1.99. The zero-order chi connectivity index (χ0) is 7.68. The molecule has 0 unspecified atom stereocenters. The maximum absolute atomic E-state index is 11.1. The molecular formula is C7H9N3O. The molecule has 1 fully saturated rings. The summed E-state index contributed by atoms with van der Waals surface area (Å²) in [6, 6.07) is 2.00. The van der Waals surface area contributed by atoms with Crippen LogP contribution < -0.4 is 5.32 Å². The van der Waals surface area contributed by atoms with Crippen LogP contribution in [-0.2, 0) is 0 Å². The third-order valence-electron chi connectivity index (χ3n) is 1.62. The second-order valence-corrected chi connectivity index (χ2v) is 2.67. The van der Waals surface area contributed by atoms with Gasteiger partial charge in [0.1, 0.15) is 0 Å². The molecule has 11 heavy (non-hydrogen) atoms. The van der Waals surface area contributed by atoms with Crippen LogP contribution in [0, 0.1) is 0 Å². The molecule has 1 aliphatic rings. The molecular weight excluding hydrogens is 142 g/mol. The monoisotopic (exact) mass is 151 g/mol. The fraction of sp³-hybridized carbons (Fsp3) is 0.429. The number of aromatic nitrogens is 2. The smallest absolute Gasteiger partial charge is 0.333 e. The van der Waals surface area contributed by atoms with E-state index in [0.717, 1.165) is 12.8 Å². The average Bonchev–Trinajstić information content (AvgIpc) is 2.67. The molecule has 1 aromatic rings. The standard InChI is InChI=1S/C7H9N3O/c11-7(9-6-2-3-6)10-5-1-4-8-10/h1,4-6H,2-3H2,(H,9,11). The van der Waals surface area contributed by atoms with Crippen molar-refractivity contribution in [1.29, 1.82) is 0 Å². The lowest BCUT2D eigenvalue weighted by atomic mass is 10.7. The molecule has 0 atom stereocenters. The molecule has 1 amide bonds. The van der Waals surface area contributed by atoms with Gasteiger partial charge in [-0.15, -0.1) is 0 Å². The van der Waals surface area contributed by atoms with Crippen LogP contribution in [0.5, 0.6) is 0 Å². The van der Waals surface area contributed by atoms with Crippen molar-refractivity contribution >= 4 is 6.03 Å². The van der Waals surface area contributed by atoms with Crippen molar-refractivity contribution in [3.05, 3.63) is 18.5 Å². The lowest BCUT2D eigenvalue weighted by molar-refractivity contribution is 0.239.